The van der Waals surface area contributed by atoms with Crippen LogP contribution in [0.15, 0.2) is 27.6 Å². The number of rotatable bonds is 4. The summed E-state index contributed by atoms with van der Waals surface area (Å²) in [5.74, 6) is -0.0936. The van der Waals surface area contributed by atoms with Gasteiger partial charge in [-0.05, 0) is 18.2 Å². The number of carbonyl (C=O) groups excluding carboxylic acids is 1. The zero-order valence-electron chi connectivity index (χ0n) is 14.3. The summed E-state index contributed by atoms with van der Waals surface area (Å²) in [6, 6.07) is 5.50. The third-order valence-corrected chi connectivity index (χ3v) is 6.39. The number of ether oxygens (including phenoxy) is 3. The van der Waals surface area contributed by atoms with Crippen LogP contribution in [-0.2, 0) is 14.2 Å². The Kier molecular flexibility index (Phi) is 6.07. The highest BCUT2D eigenvalue weighted by molar-refractivity contribution is 9.10. The Hall–Kier alpha value is -0.640. The van der Waals surface area contributed by atoms with Crippen molar-refractivity contribution in [3.8, 4) is 0 Å². The normalized spacial score (nSPS) is 34.6. The van der Waals surface area contributed by atoms with Crippen molar-refractivity contribution < 1.29 is 24.1 Å². The molecule has 6 nitrogen and oxygen atoms in total. The molecule has 1 aromatic rings. The maximum absolute atomic E-state index is 12.2. The molecule has 2 heterocycles. The van der Waals surface area contributed by atoms with Gasteiger partial charge in [-0.25, -0.2) is 0 Å². The summed E-state index contributed by atoms with van der Waals surface area (Å²) in [5.41, 5.74) is 0.224. The molecule has 3 rings (SSSR count). The Bertz CT molecular complexity index is 645. The maximum Gasteiger partial charge on any atom is 0.252 e. The van der Waals surface area contributed by atoms with Crippen LogP contribution in [0.4, 0.5) is 0 Å². The quantitative estimate of drug-likeness (QED) is 0.759. The van der Waals surface area contributed by atoms with Crippen LogP contribution in [0.25, 0.3) is 0 Å². The van der Waals surface area contributed by atoms with Crippen LogP contribution >= 0.6 is 27.7 Å². The van der Waals surface area contributed by atoms with Crippen LogP contribution in [0, 0.1) is 5.92 Å². The molecule has 1 amide bonds. The van der Waals surface area contributed by atoms with Gasteiger partial charge in [0.1, 0.15) is 17.6 Å². The van der Waals surface area contributed by atoms with Gasteiger partial charge in [0.05, 0.1) is 24.4 Å². The first kappa shape index (κ1) is 19.1. The fraction of sp³-hybridized carbons (Fsp3) is 0.588. The molecular weight excluding hydrogens is 410 g/mol. The molecule has 0 spiro atoms. The lowest BCUT2D eigenvalue weighted by molar-refractivity contribution is -0.169. The van der Waals surface area contributed by atoms with E-state index in [0.717, 1.165) is 9.37 Å². The number of amides is 1. The van der Waals surface area contributed by atoms with Crippen molar-refractivity contribution in [3.05, 3.63) is 28.2 Å². The van der Waals surface area contributed by atoms with Gasteiger partial charge in [0.25, 0.3) is 5.91 Å². The molecule has 138 valence electrons. The molecular formula is C17H22BrNO5S. The topological polar surface area (TPSA) is 77.0 Å². The van der Waals surface area contributed by atoms with E-state index < -0.39 is 6.10 Å². The molecule has 0 radical (unpaired) electrons. The number of carbonyl (C=O) groups is 1. The van der Waals surface area contributed by atoms with Crippen molar-refractivity contribution in [2.45, 2.75) is 41.7 Å². The van der Waals surface area contributed by atoms with Crippen molar-refractivity contribution in [2.75, 3.05) is 20.8 Å². The lowest BCUT2D eigenvalue weighted by Crippen LogP contribution is -2.53. The molecule has 1 aromatic carbocycles. The van der Waals surface area contributed by atoms with Crippen molar-refractivity contribution in [3.63, 3.8) is 0 Å². The van der Waals surface area contributed by atoms with E-state index in [0.29, 0.717) is 5.56 Å². The zero-order chi connectivity index (χ0) is 18.1. The fourth-order valence-corrected chi connectivity index (χ4v) is 5.29. The third kappa shape index (κ3) is 3.74. The lowest BCUT2D eigenvalue weighted by Gasteiger charge is -2.42. The Morgan fingerprint density at radius 1 is 1.44 bits per heavy atom. The minimum atomic E-state index is -0.644. The van der Waals surface area contributed by atoms with Gasteiger partial charge >= 0.3 is 0 Å². The molecule has 25 heavy (non-hydrogen) atoms. The van der Waals surface area contributed by atoms with Gasteiger partial charge in [-0.3, -0.25) is 4.79 Å². The molecule has 0 aliphatic carbocycles. The number of aliphatic hydroxyl groups excluding tert-OH is 1. The highest BCUT2D eigenvalue weighted by Gasteiger charge is 2.51. The number of thioether (sulfide) groups is 1. The summed E-state index contributed by atoms with van der Waals surface area (Å²) in [5, 5.41) is 12.8. The monoisotopic (exact) mass is 431 g/mol. The number of nitrogens with one attached hydrogen (secondary N) is 1. The van der Waals surface area contributed by atoms with Gasteiger partial charge in [0, 0.05) is 29.4 Å². The molecule has 2 aliphatic rings. The minimum absolute atomic E-state index is 0.0639. The van der Waals surface area contributed by atoms with E-state index in [1.54, 1.807) is 20.2 Å². The minimum Gasteiger partial charge on any atom is -0.388 e. The summed E-state index contributed by atoms with van der Waals surface area (Å²) in [6.07, 6.45) is -1.42. The van der Waals surface area contributed by atoms with Gasteiger partial charge in [-0.1, -0.05) is 34.6 Å². The number of fused-ring (bicyclic) bond motifs is 1. The largest absolute Gasteiger partial charge is 0.388 e. The highest BCUT2D eigenvalue weighted by atomic mass is 79.9. The number of benzene rings is 1. The van der Waals surface area contributed by atoms with E-state index in [9.17, 15) is 9.90 Å². The highest BCUT2D eigenvalue weighted by Crippen LogP contribution is 2.42. The van der Waals surface area contributed by atoms with E-state index in [4.69, 9.17) is 14.2 Å². The third-order valence-electron chi connectivity index (χ3n) is 4.69. The van der Waals surface area contributed by atoms with Crippen LogP contribution in [-0.4, -0.2) is 61.6 Å². The average molecular weight is 432 g/mol. The number of methoxy groups -OCH3 is 1. The predicted octanol–water partition coefficient (Wildman–Crippen LogP) is 2.04. The lowest BCUT2D eigenvalue weighted by atomic mass is 9.91. The zero-order valence-corrected chi connectivity index (χ0v) is 16.7. The summed E-state index contributed by atoms with van der Waals surface area (Å²) in [4.78, 5) is 13.0. The molecule has 2 saturated heterocycles. The second-order valence-electron chi connectivity index (χ2n) is 6.23. The van der Waals surface area contributed by atoms with E-state index in [1.165, 1.54) is 11.8 Å². The first-order chi connectivity index (χ1) is 12.0. The smallest absolute Gasteiger partial charge is 0.252 e. The Labute approximate surface area is 159 Å². The van der Waals surface area contributed by atoms with E-state index in [-0.39, 0.29) is 42.2 Å². The Balaban J connectivity index is 1.88. The van der Waals surface area contributed by atoms with E-state index in [2.05, 4.69) is 21.2 Å². The summed E-state index contributed by atoms with van der Waals surface area (Å²) in [7, 11) is 3.25. The Morgan fingerprint density at radius 3 is 2.88 bits per heavy atom. The number of aliphatic hydroxyl groups is 1. The first-order valence-corrected chi connectivity index (χ1v) is 9.79. The summed E-state index contributed by atoms with van der Waals surface area (Å²) >= 11 is 4.89. The van der Waals surface area contributed by atoms with Gasteiger partial charge < -0.3 is 24.6 Å². The maximum atomic E-state index is 12.2. The van der Waals surface area contributed by atoms with Crippen LogP contribution in [0.5, 0.6) is 0 Å². The number of hydrogen-bond acceptors (Lipinski definition) is 6. The predicted molar refractivity (Wildman–Crippen MR) is 97.8 cm³/mol. The van der Waals surface area contributed by atoms with E-state index in [1.807, 2.05) is 19.1 Å². The molecule has 0 saturated carbocycles. The molecule has 8 heteroatoms. The van der Waals surface area contributed by atoms with Crippen LogP contribution in [0.2, 0.25) is 0 Å². The Morgan fingerprint density at radius 2 is 2.20 bits per heavy atom. The second-order valence-corrected chi connectivity index (χ2v) is 8.29. The molecule has 2 fully saturated rings. The van der Waals surface area contributed by atoms with E-state index >= 15 is 0 Å². The fourth-order valence-electron chi connectivity index (χ4n) is 3.37. The average Bonchev–Trinajstić information content (AvgIpc) is 2.96. The van der Waals surface area contributed by atoms with Gasteiger partial charge in [-0.15, -0.1) is 0 Å². The van der Waals surface area contributed by atoms with Crippen LogP contribution < -0.4 is 5.32 Å². The van der Waals surface area contributed by atoms with Crippen LogP contribution in [0.3, 0.4) is 0 Å². The van der Waals surface area contributed by atoms with Crippen molar-refractivity contribution in [2.24, 2.45) is 5.92 Å². The van der Waals surface area contributed by atoms with Gasteiger partial charge in [-0.2, -0.15) is 0 Å². The molecule has 2 aliphatic heterocycles. The molecule has 0 aromatic heterocycles. The van der Waals surface area contributed by atoms with Crippen molar-refractivity contribution in [1.82, 2.24) is 5.32 Å². The molecule has 2 N–H and O–H groups in total. The van der Waals surface area contributed by atoms with Crippen molar-refractivity contribution in [1.29, 1.82) is 0 Å². The second kappa shape index (κ2) is 7.94. The summed E-state index contributed by atoms with van der Waals surface area (Å²) in [6.45, 7) is 2.31. The number of hydrogen-bond donors (Lipinski definition) is 2. The molecule has 0 bridgehead atoms. The van der Waals surface area contributed by atoms with Crippen molar-refractivity contribution >= 4 is 33.6 Å². The molecule has 4 unspecified atom stereocenters. The summed E-state index contributed by atoms with van der Waals surface area (Å²) < 4.78 is 18.3. The van der Waals surface area contributed by atoms with Gasteiger partial charge in [0.15, 0.2) is 0 Å². The van der Waals surface area contributed by atoms with Crippen LogP contribution in [0.1, 0.15) is 17.3 Å². The standard InChI is InChI=1S/C17H22BrNO5S/c1-8-13-15(11(20)7-23-13)24-17(14(8)22-3)25-12-6-9(18)4-5-10(12)16(21)19-2/h4-6,8,11,13-15,17,20H,7H2,1-3H3,(H,19,21)/t8?,11?,13-,14?,15?,17-/m1/s1. The SMILES string of the molecule is CNC(=O)c1ccc(Br)cc1S[C@H]1OC2C(O)CO[C@@H]2C(C)C1OC. The first-order valence-electron chi connectivity index (χ1n) is 8.12. The molecule has 6 atom stereocenters. The van der Waals surface area contributed by atoms with Gasteiger partial charge in [0.2, 0.25) is 0 Å². The number of halogens is 1.